The minimum absolute atomic E-state index is 0.174. The van der Waals surface area contributed by atoms with Gasteiger partial charge in [-0.2, -0.15) is 0 Å². The Bertz CT molecular complexity index is 1130. The average molecular weight is 531 g/mol. The van der Waals surface area contributed by atoms with E-state index in [9.17, 15) is 13.5 Å². The van der Waals surface area contributed by atoms with Crippen molar-refractivity contribution in [1.82, 2.24) is 0 Å². The lowest BCUT2D eigenvalue weighted by Crippen LogP contribution is -2.42. The van der Waals surface area contributed by atoms with E-state index in [4.69, 9.17) is 9.90 Å². The molecule has 37 heavy (non-hydrogen) atoms. The summed E-state index contributed by atoms with van der Waals surface area (Å²) in [7, 11) is -3.77. The fraction of sp³-hybridized carbons (Fsp3) is 0.552. The summed E-state index contributed by atoms with van der Waals surface area (Å²) in [5, 5.41) is 17.7. The number of aryl methyl sites for hydroxylation is 1. The smallest absolute Gasteiger partial charge is 0.290 e. The highest BCUT2D eigenvalue weighted by molar-refractivity contribution is 7.92. The average Bonchev–Trinajstić information content (AvgIpc) is 2.88. The lowest BCUT2D eigenvalue weighted by molar-refractivity contribution is -0.122. The molecule has 2 N–H and O–H groups in total. The second-order valence-corrected chi connectivity index (χ2v) is 12.5. The number of aliphatic hydroxyl groups is 1. The molecule has 2 aromatic rings. The Morgan fingerprint density at radius 1 is 1.05 bits per heavy atom. The van der Waals surface area contributed by atoms with Gasteiger partial charge in [0.05, 0.1) is 16.7 Å². The van der Waals surface area contributed by atoms with Crippen molar-refractivity contribution >= 4 is 27.9 Å². The van der Waals surface area contributed by atoms with E-state index in [0.717, 1.165) is 43.0 Å². The zero-order valence-corrected chi connectivity index (χ0v) is 23.3. The van der Waals surface area contributed by atoms with E-state index in [2.05, 4.69) is 18.7 Å². The summed E-state index contributed by atoms with van der Waals surface area (Å²) in [6, 6.07) is 13.7. The highest BCUT2D eigenvalue weighted by Crippen LogP contribution is 2.40. The van der Waals surface area contributed by atoms with E-state index in [0.29, 0.717) is 24.7 Å². The zero-order valence-electron chi connectivity index (χ0n) is 22.5. The maximum Gasteiger partial charge on any atom is 0.290 e. The second kappa shape index (κ2) is 12.8. The van der Waals surface area contributed by atoms with E-state index in [1.165, 1.54) is 22.7 Å². The van der Waals surface area contributed by atoms with Gasteiger partial charge < -0.3 is 15.1 Å². The topological polar surface area (TPSA) is 98.2 Å². The molecule has 0 spiro atoms. The molecule has 2 aromatic carbocycles. The molecule has 0 saturated heterocycles. The summed E-state index contributed by atoms with van der Waals surface area (Å²) < 4.78 is 29.3. The molecule has 8 heteroatoms. The van der Waals surface area contributed by atoms with Gasteiger partial charge in [0.1, 0.15) is 0 Å². The van der Waals surface area contributed by atoms with E-state index < -0.39 is 16.1 Å². The number of rotatable bonds is 7. The largest absolute Gasteiger partial charge is 0.483 e. The van der Waals surface area contributed by atoms with Gasteiger partial charge in [-0.3, -0.25) is 9.10 Å². The lowest BCUT2D eigenvalue weighted by Gasteiger charge is -2.42. The van der Waals surface area contributed by atoms with Crippen molar-refractivity contribution in [2.75, 3.05) is 22.3 Å². The van der Waals surface area contributed by atoms with Crippen molar-refractivity contribution in [3.8, 4) is 0 Å². The first-order valence-corrected chi connectivity index (χ1v) is 14.8. The number of fused-ring (bicyclic) bond motifs is 1. The Kier molecular flexibility index (Phi) is 10.0. The van der Waals surface area contributed by atoms with Crippen LogP contribution >= 0.6 is 0 Å². The number of hydrogen-bond acceptors (Lipinski definition) is 5. The maximum absolute atomic E-state index is 13.9. The van der Waals surface area contributed by atoms with E-state index in [1.807, 2.05) is 44.2 Å². The number of aliphatic hydroxyl groups excluding tert-OH is 1. The van der Waals surface area contributed by atoms with Crippen LogP contribution in [0.3, 0.4) is 0 Å². The summed E-state index contributed by atoms with van der Waals surface area (Å²) in [6.45, 7) is 9.44. The van der Waals surface area contributed by atoms with Gasteiger partial charge in [0, 0.05) is 30.4 Å². The zero-order chi connectivity index (χ0) is 27.2. The molecular formula is C29H42N2O5S. The first-order valence-electron chi connectivity index (χ1n) is 13.4. The second-order valence-electron chi connectivity index (χ2n) is 10.7. The highest BCUT2D eigenvalue weighted by Gasteiger charge is 2.33. The number of benzene rings is 2. The molecule has 0 amide bonds. The third-order valence-electron chi connectivity index (χ3n) is 7.49. The van der Waals surface area contributed by atoms with E-state index in [-0.39, 0.29) is 17.3 Å². The van der Waals surface area contributed by atoms with Gasteiger partial charge in [-0.15, -0.1) is 0 Å². The third-order valence-corrected chi connectivity index (χ3v) is 9.28. The highest BCUT2D eigenvalue weighted by atomic mass is 32.2. The maximum atomic E-state index is 13.9. The molecule has 4 rings (SSSR count). The van der Waals surface area contributed by atoms with Crippen molar-refractivity contribution in [3.63, 3.8) is 0 Å². The van der Waals surface area contributed by atoms with E-state index >= 15 is 0 Å². The summed E-state index contributed by atoms with van der Waals surface area (Å²) in [5.74, 6) is 0.949. The normalized spacial score (nSPS) is 21.6. The van der Waals surface area contributed by atoms with Crippen molar-refractivity contribution in [3.05, 3.63) is 53.6 Å². The molecule has 0 radical (unpaired) electrons. The number of hydrogen-bond donors (Lipinski definition) is 2. The fourth-order valence-corrected chi connectivity index (χ4v) is 7.06. The van der Waals surface area contributed by atoms with Crippen LogP contribution in [0.25, 0.3) is 0 Å². The predicted octanol–water partition coefficient (Wildman–Crippen LogP) is 5.62. The molecule has 1 atom stereocenters. The number of carbonyl (C=O) groups is 1. The Morgan fingerprint density at radius 3 is 2.24 bits per heavy atom. The third kappa shape index (κ3) is 6.85. The number of nitrogens with zero attached hydrogens (tertiary/aromatic N) is 2. The van der Waals surface area contributed by atoms with Gasteiger partial charge in [0.15, 0.2) is 0 Å². The van der Waals surface area contributed by atoms with Gasteiger partial charge in [-0.05, 0) is 86.3 Å². The molecule has 204 valence electrons. The van der Waals surface area contributed by atoms with Crippen LogP contribution in [0.2, 0.25) is 0 Å². The van der Waals surface area contributed by atoms with Gasteiger partial charge in [0.25, 0.3) is 16.5 Å². The summed E-state index contributed by atoms with van der Waals surface area (Å²) in [6.07, 6.45) is 5.69. The van der Waals surface area contributed by atoms with Crippen LogP contribution in [0.15, 0.2) is 47.4 Å². The van der Waals surface area contributed by atoms with Crippen LogP contribution < -0.4 is 9.21 Å². The van der Waals surface area contributed by atoms with Crippen molar-refractivity contribution in [2.24, 2.45) is 11.8 Å². The fourth-order valence-electron chi connectivity index (χ4n) is 5.39. The molecule has 7 nitrogen and oxygen atoms in total. The van der Waals surface area contributed by atoms with Crippen LogP contribution in [0.1, 0.15) is 77.0 Å². The predicted molar refractivity (Wildman–Crippen MR) is 149 cm³/mol. The first kappa shape index (κ1) is 29.0. The Morgan fingerprint density at radius 2 is 1.68 bits per heavy atom. The minimum atomic E-state index is -3.77. The molecule has 0 aromatic heterocycles. The molecule has 1 heterocycles. The van der Waals surface area contributed by atoms with Crippen LogP contribution in [-0.2, 0) is 21.2 Å². The molecule has 1 unspecified atom stereocenters. The quantitative estimate of drug-likeness (QED) is 0.451. The number of sulfonamides is 1. The Hall–Kier alpha value is -2.58. The van der Waals surface area contributed by atoms with Crippen LogP contribution in [0.4, 0.5) is 11.4 Å². The van der Waals surface area contributed by atoms with Gasteiger partial charge in [-0.1, -0.05) is 39.8 Å². The molecule has 0 bridgehead atoms. The molecule has 2 aliphatic rings. The lowest BCUT2D eigenvalue weighted by atomic mass is 9.85. The van der Waals surface area contributed by atoms with Crippen molar-refractivity contribution in [1.29, 1.82) is 0 Å². The number of anilines is 2. The first-order chi connectivity index (χ1) is 17.6. The summed E-state index contributed by atoms with van der Waals surface area (Å²) in [5.41, 5.74) is 3.61. The monoisotopic (exact) mass is 530 g/mol. The Labute approximate surface area is 222 Å². The summed E-state index contributed by atoms with van der Waals surface area (Å²) >= 11 is 0. The Balaban J connectivity index is 0.00000121. The minimum Gasteiger partial charge on any atom is -0.483 e. The molecule has 1 aliphatic heterocycles. The SMILES string of the molecule is CCc1ccc(N(CC(C)C)S(=O)(=O)c2ccc3c(c2)C(O)CCN3C2CCC(C)CC2)cc1.O=CO. The van der Waals surface area contributed by atoms with Crippen molar-refractivity contribution in [2.45, 2.75) is 83.3 Å². The summed E-state index contributed by atoms with van der Waals surface area (Å²) in [4.78, 5) is 11.0. The van der Waals surface area contributed by atoms with Crippen LogP contribution in [-0.4, -0.2) is 44.2 Å². The van der Waals surface area contributed by atoms with Gasteiger partial charge >= 0.3 is 0 Å². The molecule has 1 fully saturated rings. The van der Waals surface area contributed by atoms with Crippen LogP contribution in [0, 0.1) is 11.8 Å². The molecule has 1 saturated carbocycles. The van der Waals surface area contributed by atoms with Crippen molar-refractivity contribution < 1.29 is 23.4 Å². The number of carboxylic acid groups (broad SMARTS) is 1. The molecular weight excluding hydrogens is 488 g/mol. The van der Waals surface area contributed by atoms with E-state index in [1.54, 1.807) is 12.1 Å². The molecule has 1 aliphatic carbocycles. The van der Waals surface area contributed by atoms with Gasteiger partial charge in [0.2, 0.25) is 0 Å². The van der Waals surface area contributed by atoms with Crippen LogP contribution in [0.5, 0.6) is 0 Å². The van der Waals surface area contributed by atoms with Gasteiger partial charge in [-0.25, -0.2) is 8.42 Å². The standard InChI is InChI=1S/C28H40N2O3S.CH2O2/c1-5-22-8-12-24(13-9-22)30(19-20(2)3)34(32,33)25-14-15-27-26(18-25)28(31)16-17-29(27)23-10-6-21(4)7-11-23;2-1-3/h8-9,12-15,18,20-21,23,28,31H,5-7,10-11,16-17,19H2,1-4H3;1H,(H,2,3).